The van der Waals surface area contributed by atoms with Crippen LogP contribution in [0, 0.1) is 0 Å². The molecule has 8 heteroatoms. The average Bonchev–Trinajstić information content (AvgIpc) is 3.69. The lowest BCUT2D eigenvalue weighted by molar-refractivity contribution is -0.143. The van der Waals surface area contributed by atoms with Crippen LogP contribution in [-0.2, 0) is 10.2 Å². The Morgan fingerprint density at radius 1 is 0.842 bits per heavy atom. The van der Waals surface area contributed by atoms with Crippen molar-refractivity contribution in [2.45, 2.75) is 81.1 Å². The van der Waals surface area contributed by atoms with Crippen molar-refractivity contribution in [2.24, 2.45) is 0 Å². The maximum atomic E-state index is 13.2. The molecule has 1 aromatic heterocycles. The van der Waals surface area contributed by atoms with Gasteiger partial charge in [-0.1, -0.05) is 56.7 Å². The number of nitrogens with one attached hydrogen (secondary N) is 1. The minimum atomic E-state index is -1.16. The Balaban J connectivity index is 1.19. The quantitative estimate of drug-likeness (QED) is 0.642. The predicted molar refractivity (Wildman–Crippen MR) is 145 cm³/mol. The van der Waals surface area contributed by atoms with Gasteiger partial charge >= 0.3 is 0 Å². The van der Waals surface area contributed by atoms with Crippen molar-refractivity contribution in [3.05, 3.63) is 53.6 Å². The number of rotatable bonds is 3. The molecule has 4 aliphatic rings. The number of piperazine rings is 1. The Kier molecular flexibility index (Phi) is 6.84. The summed E-state index contributed by atoms with van der Waals surface area (Å²) in [6.07, 6.45) is 14.5. The van der Waals surface area contributed by atoms with Gasteiger partial charge in [-0.3, -0.25) is 14.6 Å². The second-order valence-electron chi connectivity index (χ2n) is 11.7. The van der Waals surface area contributed by atoms with Gasteiger partial charge in [-0.05, 0) is 37.3 Å². The minimum Gasteiger partial charge on any atom is -0.384 e. The molecule has 1 saturated heterocycles. The lowest BCUT2D eigenvalue weighted by Crippen LogP contribution is -2.53. The summed E-state index contributed by atoms with van der Waals surface area (Å²) in [6, 6.07) is 8.76. The van der Waals surface area contributed by atoms with Gasteiger partial charge in [-0.15, -0.1) is 0 Å². The zero-order valence-electron chi connectivity index (χ0n) is 22.2. The smallest absolute Gasteiger partial charge is 0.274 e. The molecule has 0 radical (unpaired) electrons. The standard InChI is InChI=1S/C30H39N5O3/c36-27(34-15-17-35(18-16-34)28(37)30(38)13-14-30)26-21-32-25(20-33-26)23-19-31-24-10-6-5-9-22(24)29(23)11-7-3-1-2-4-8-12-29/h5-6,9-10,20-21,23,31,38H,1-4,7-8,11-19H2. The highest BCUT2D eigenvalue weighted by atomic mass is 16.3. The maximum absolute atomic E-state index is 13.2. The van der Waals surface area contributed by atoms with E-state index in [9.17, 15) is 14.7 Å². The number of para-hydroxylation sites is 1. The molecule has 2 N–H and O–H groups in total. The number of benzene rings is 1. The van der Waals surface area contributed by atoms with E-state index in [1.807, 2.05) is 6.20 Å². The molecule has 8 nitrogen and oxygen atoms in total. The van der Waals surface area contributed by atoms with Gasteiger partial charge in [0.1, 0.15) is 11.3 Å². The molecule has 38 heavy (non-hydrogen) atoms. The molecule has 2 amide bonds. The van der Waals surface area contributed by atoms with Gasteiger partial charge in [0.25, 0.3) is 11.8 Å². The fourth-order valence-electron chi connectivity index (χ4n) is 6.91. The maximum Gasteiger partial charge on any atom is 0.274 e. The Hall–Kier alpha value is -3.00. The highest BCUT2D eigenvalue weighted by molar-refractivity contribution is 5.92. The molecule has 1 spiro atoms. The van der Waals surface area contributed by atoms with E-state index in [1.54, 1.807) is 16.0 Å². The molecule has 202 valence electrons. The van der Waals surface area contributed by atoms with E-state index in [1.165, 1.54) is 49.8 Å². The average molecular weight is 518 g/mol. The van der Waals surface area contributed by atoms with E-state index in [0.717, 1.165) is 25.1 Å². The minimum absolute atomic E-state index is 0.0287. The third kappa shape index (κ3) is 4.68. The zero-order valence-corrected chi connectivity index (χ0v) is 22.2. The molecule has 2 aliphatic carbocycles. The number of fused-ring (bicyclic) bond motifs is 2. The van der Waals surface area contributed by atoms with E-state index in [-0.39, 0.29) is 23.1 Å². The molecule has 1 aromatic carbocycles. The molecule has 6 rings (SSSR count). The number of nitrogens with zero attached hydrogens (tertiary/aromatic N) is 4. The van der Waals surface area contributed by atoms with Gasteiger partial charge in [0, 0.05) is 55.9 Å². The summed E-state index contributed by atoms with van der Waals surface area (Å²) in [5.74, 6) is -0.143. The predicted octanol–water partition coefficient (Wildman–Crippen LogP) is 3.87. The van der Waals surface area contributed by atoms with Crippen LogP contribution in [0.3, 0.4) is 0 Å². The molecule has 2 aliphatic heterocycles. The number of carbonyl (C=O) groups excluding carboxylic acids is 2. The molecule has 3 fully saturated rings. The first-order valence-electron chi connectivity index (χ1n) is 14.5. The highest BCUT2D eigenvalue weighted by Crippen LogP contribution is 2.52. The number of aromatic nitrogens is 2. The van der Waals surface area contributed by atoms with E-state index in [2.05, 4.69) is 34.6 Å². The second-order valence-corrected chi connectivity index (χ2v) is 11.7. The van der Waals surface area contributed by atoms with Crippen LogP contribution in [0.5, 0.6) is 0 Å². The fourth-order valence-corrected chi connectivity index (χ4v) is 6.91. The molecule has 1 unspecified atom stereocenters. The summed E-state index contributed by atoms with van der Waals surface area (Å²) < 4.78 is 0. The van der Waals surface area contributed by atoms with Crippen molar-refractivity contribution < 1.29 is 14.7 Å². The summed E-state index contributed by atoms with van der Waals surface area (Å²) >= 11 is 0. The third-order valence-electron chi connectivity index (χ3n) is 9.35. The van der Waals surface area contributed by atoms with E-state index < -0.39 is 5.60 Å². The van der Waals surface area contributed by atoms with Crippen molar-refractivity contribution in [2.75, 3.05) is 38.0 Å². The summed E-state index contributed by atoms with van der Waals surface area (Å²) in [4.78, 5) is 38.5. The molecule has 3 heterocycles. The number of hydrogen-bond acceptors (Lipinski definition) is 6. The van der Waals surface area contributed by atoms with E-state index >= 15 is 0 Å². The molecule has 2 aromatic rings. The Morgan fingerprint density at radius 3 is 2.16 bits per heavy atom. The van der Waals surface area contributed by atoms with Gasteiger partial charge in [0.05, 0.1) is 11.9 Å². The summed E-state index contributed by atoms with van der Waals surface area (Å²) in [5, 5.41) is 13.8. The molecular weight excluding hydrogens is 478 g/mol. The molecule has 2 saturated carbocycles. The third-order valence-corrected chi connectivity index (χ3v) is 9.35. The monoisotopic (exact) mass is 517 g/mol. The number of amides is 2. The summed E-state index contributed by atoms with van der Waals surface area (Å²) in [6.45, 7) is 2.58. The van der Waals surface area contributed by atoms with Gasteiger partial charge in [-0.25, -0.2) is 4.98 Å². The van der Waals surface area contributed by atoms with Gasteiger partial charge in [-0.2, -0.15) is 0 Å². The first kappa shape index (κ1) is 25.3. The molecular formula is C30H39N5O3. The Morgan fingerprint density at radius 2 is 1.50 bits per heavy atom. The van der Waals surface area contributed by atoms with E-state index in [0.29, 0.717) is 44.7 Å². The van der Waals surface area contributed by atoms with Crippen molar-refractivity contribution >= 4 is 17.5 Å². The second kappa shape index (κ2) is 10.3. The molecule has 0 bridgehead atoms. The summed E-state index contributed by atoms with van der Waals surface area (Å²) in [7, 11) is 0. The van der Waals surface area contributed by atoms with Crippen molar-refractivity contribution in [1.82, 2.24) is 19.8 Å². The SMILES string of the molecule is O=C(c1cnc(C2CNc3ccccc3C23CCCCCCCC3)cn1)N1CCN(C(=O)C2(O)CC2)CC1. The zero-order chi connectivity index (χ0) is 26.2. The Bertz CT molecular complexity index is 1160. The first-order chi connectivity index (χ1) is 18.5. The van der Waals surface area contributed by atoms with Crippen LogP contribution in [0.2, 0.25) is 0 Å². The van der Waals surface area contributed by atoms with Crippen LogP contribution in [0.1, 0.15) is 91.9 Å². The van der Waals surface area contributed by atoms with Crippen LogP contribution in [-0.4, -0.2) is 75.0 Å². The van der Waals surface area contributed by atoms with Crippen LogP contribution in [0.4, 0.5) is 5.69 Å². The van der Waals surface area contributed by atoms with E-state index in [4.69, 9.17) is 4.98 Å². The number of anilines is 1. The first-order valence-corrected chi connectivity index (χ1v) is 14.5. The van der Waals surface area contributed by atoms with Gasteiger partial charge in [0.15, 0.2) is 0 Å². The normalized spacial score (nSPS) is 24.4. The van der Waals surface area contributed by atoms with Crippen LogP contribution < -0.4 is 5.32 Å². The number of carbonyl (C=O) groups is 2. The fraction of sp³-hybridized carbons (Fsp3) is 0.600. The van der Waals surface area contributed by atoms with Crippen molar-refractivity contribution in [3.63, 3.8) is 0 Å². The van der Waals surface area contributed by atoms with Gasteiger partial charge in [0.2, 0.25) is 0 Å². The lowest BCUT2D eigenvalue weighted by atomic mass is 9.61. The van der Waals surface area contributed by atoms with Crippen LogP contribution in [0.15, 0.2) is 36.7 Å². The highest BCUT2D eigenvalue weighted by Gasteiger charge is 2.50. The van der Waals surface area contributed by atoms with Gasteiger partial charge < -0.3 is 20.2 Å². The van der Waals surface area contributed by atoms with Crippen molar-refractivity contribution in [3.8, 4) is 0 Å². The largest absolute Gasteiger partial charge is 0.384 e. The number of hydrogen-bond donors (Lipinski definition) is 2. The topological polar surface area (TPSA) is 98.7 Å². The summed E-state index contributed by atoms with van der Waals surface area (Å²) in [5.41, 5.74) is 2.83. The van der Waals surface area contributed by atoms with Crippen LogP contribution >= 0.6 is 0 Å². The van der Waals surface area contributed by atoms with Crippen LogP contribution in [0.25, 0.3) is 0 Å². The lowest BCUT2D eigenvalue weighted by Gasteiger charge is -2.46. The van der Waals surface area contributed by atoms with Crippen molar-refractivity contribution in [1.29, 1.82) is 0 Å². The molecule has 1 atom stereocenters. The number of aliphatic hydroxyl groups is 1. The Labute approximate surface area is 224 Å².